The Labute approximate surface area is 181 Å². The number of guanidine groups is 1. The normalized spacial score (nSPS) is 15.3. The first kappa shape index (κ1) is 23.9. The molecule has 0 aliphatic carbocycles. The van der Waals surface area contributed by atoms with Crippen LogP contribution >= 0.6 is 24.0 Å². The van der Waals surface area contributed by atoms with Crippen LogP contribution in [0.15, 0.2) is 23.5 Å². The zero-order chi connectivity index (χ0) is 18.5. The van der Waals surface area contributed by atoms with E-state index in [-0.39, 0.29) is 24.0 Å². The first-order valence-corrected chi connectivity index (χ1v) is 10.1. The SMILES string of the molecule is CCCCCNC(=NCCCN1CCN(c2ncccn2)CC1)NCC.I. The average molecular weight is 489 g/mol. The van der Waals surface area contributed by atoms with Crippen molar-refractivity contribution in [1.82, 2.24) is 25.5 Å². The molecule has 0 atom stereocenters. The van der Waals surface area contributed by atoms with Crippen molar-refractivity contribution >= 4 is 35.9 Å². The van der Waals surface area contributed by atoms with Crippen LogP contribution in [0.5, 0.6) is 0 Å². The Balaban J connectivity index is 0.00000364. The molecule has 2 heterocycles. The zero-order valence-electron chi connectivity index (χ0n) is 16.9. The summed E-state index contributed by atoms with van der Waals surface area (Å²) in [6.07, 6.45) is 8.44. The number of nitrogens with one attached hydrogen (secondary N) is 2. The number of anilines is 1. The number of hydrogen-bond acceptors (Lipinski definition) is 5. The van der Waals surface area contributed by atoms with Gasteiger partial charge in [0, 0.05) is 64.8 Å². The van der Waals surface area contributed by atoms with E-state index in [1.165, 1.54) is 19.3 Å². The first-order chi connectivity index (χ1) is 12.8. The van der Waals surface area contributed by atoms with Gasteiger partial charge in [0.2, 0.25) is 5.95 Å². The molecule has 0 saturated carbocycles. The van der Waals surface area contributed by atoms with Crippen LogP contribution in [0.25, 0.3) is 0 Å². The molecule has 8 heteroatoms. The lowest BCUT2D eigenvalue weighted by atomic mass is 10.2. The van der Waals surface area contributed by atoms with Crippen LogP contribution in [-0.4, -0.2) is 73.2 Å². The summed E-state index contributed by atoms with van der Waals surface area (Å²) in [6, 6.07) is 1.86. The van der Waals surface area contributed by atoms with Crippen molar-refractivity contribution in [2.24, 2.45) is 4.99 Å². The van der Waals surface area contributed by atoms with Crippen molar-refractivity contribution in [2.45, 2.75) is 39.5 Å². The summed E-state index contributed by atoms with van der Waals surface area (Å²) < 4.78 is 0. The number of nitrogens with zero attached hydrogens (tertiary/aromatic N) is 5. The molecular formula is C19H36IN7. The van der Waals surface area contributed by atoms with E-state index in [4.69, 9.17) is 4.99 Å². The highest BCUT2D eigenvalue weighted by Crippen LogP contribution is 2.09. The van der Waals surface area contributed by atoms with Crippen LogP contribution in [0.2, 0.25) is 0 Å². The molecule has 0 spiro atoms. The maximum atomic E-state index is 4.70. The van der Waals surface area contributed by atoms with Gasteiger partial charge in [0.25, 0.3) is 0 Å². The molecule has 7 nitrogen and oxygen atoms in total. The van der Waals surface area contributed by atoms with Gasteiger partial charge in [0.1, 0.15) is 0 Å². The van der Waals surface area contributed by atoms with Gasteiger partial charge in [0.05, 0.1) is 0 Å². The molecule has 1 aromatic rings. The van der Waals surface area contributed by atoms with Gasteiger partial charge >= 0.3 is 0 Å². The van der Waals surface area contributed by atoms with E-state index in [2.05, 4.69) is 44.2 Å². The molecule has 0 amide bonds. The molecule has 1 aliphatic heterocycles. The molecule has 0 unspecified atom stereocenters. The molecule has 2 N–H and O–H groups in total. The van der Waals surface area contributed by atoms with E-state index < -0.39 is 0 Å². The highest BCUT2D eigenvalue weighted by molar-refractivity contribution is 14.0. The van der Waals surface area contributed by atoms with Crippen LogP contribution < -0.4 is 15.5 Å². The summed E-state index contributed by atoms with van der Waals surface area (Å²) in [5.74, 6) is 1.80. The predicted octanol–water partition coefficient (Wildman–Crippen LogP) is 2.35. The van der Waals surface area contributed by atoms with Crippen LogP contribution in [0, 0.1) is 0 Å². The molecule has 2 rings (SSSR count). The fourth-order valence-electron chi connectivity index (χ4n) is 3.03. The second kappa shape index (κ2) is 14.8. The number of hydrogen-bond donors (Lipinski definition) is 2. The molecule has 1 aromatic heterocycles. The lowest BCUT2D eigenvalue weighted by Crippen LogP contribution is -2.47. The van der Waals surface area contributed by atoms with Gasteiger partial charge in [0.15, 0.2) is 5.96 Å². The van der Waals surface area contributed by atoms with Crippen molar-refractivity contribution in [1.29, 1.82) is 0 Å². The van der Waals surface area contributed by atoms with E-state index in [1.54, 1.807) is 0 Å². The molecular weight excluding hydrogens is 453 g/mol. The van der Waals surface area contributed by atoms with E-state index in [0.717, 1.165) is 70.7 Å². The molecule has 1 fully saturated rings. The standard InChI is InChI=1S/C19H35N7.HI/c1-3-5-6-9-21-18(20-4-2)22-12-8-13-25-14-16-26(17-15-25)19-23-10-7-11-24-19;/h7,10-11H,3-6,8-9,12-17H2,1-2H3,(H2,20,21,22);1H. The number of aromatic nitrogens is 2. The Hall–Kier alpha value is -1.16. The van der Waals surface area contributed by atoms with Crippen molar-refractivity contribution in [3.63, 3.8) is 0 Å². The molecule has 1 aliphatic rings. The number of unbranched alkanes of at least 4 members (excludes halogenated alkanes) is 2. The average Bonchev–Trinajstić information content (AvgIpc) is 2.69. The largest absolute Gasteiger partial charge is 0.357 e. The number of aliphatic imine (C=N–C) groups is 1. The minimum Gasteiger partial charge on any atom is -0.357 e. The Morgan fingerprint density at radius 1 is 1.04 bits per heavy atom. The van der Waals surface area contributed by atoms with Crippen molar-refractivity contribution < 1.29 is 0 Å². The highest BCUT2D eigenvalue weighted by atomic mass is 127. The summed E-state index contributed by atoms with van der Waals surface area (Å²) in [5, 5.41) is 6.75. The van der Waals surface area contributed by atoms with Crippen LogP contribution in [0.3, 0.4) is 0 Å². The summed E-state index contributed by atoms with van der Waals surface area (Å²) >= 11 is 0. The minimum absolute atomic E-state index is 0. The molecule has 0 aromatic carbocycles. The Bertz CT molecular complexity index is 504. The molecule has 1 saturated heterocycles. The molecule has 154 valence electrons. The maximum Gasteiger partial charge on any atom is 0.225 e. The van der Waals surface area contributed by atoms with Gasteiger partial charge in [-0.1, -0.05) is 19.8 Å². The van der Waals surface area contributed by atoms with Gasteiger partial charge in [-0.3, -0.25) is 9.89 Å². The molecule has 0 radical (unpaired) electrons. The van der Waals surface area contributed by atoms with Crippen LogP contribution in [-0.2, 0) is 0 Å². The summed E-state index contributed by atoms with van der Waals surface area (Å²) in [7, 11) is 0. The fourth-order valence-corrected chi connectivity index (χ4v) is 3.03. The van der Waals surface area contributed by atoms with Gasteiger partial charge in [-0.05, 0) is 25.8 Å². The Morgan fingerprint density at radius 3 is 2.44 bits per heavy atom. The molecule has 27 heavy (non-hydrogen) atoms. The van der Waals surface area contributed by atoms with Crippen LogP contribution in [0.1, 0.15) is 39.5 Å². The maximum absolute atomic E-state index is 4.70. The number of halogens is 1. The third-order valence-electron chi connectivity index (χ3n) is 4.53. The fraction of sp³-hybridized carbons (Fsp3) is 0.737. The van der Waals surface area contributed by atoms with Gasteiger partial charge in [-0.2, -0.15) is 0 Å². The van der Waals surface area contributed by atoms with E-state index in [1.807, 2.05) is 18.5 Å². The summed E-state index contributed by atoms with van der Waals surface area (Å²) in [6.45, 7) is 12.3. The highest BCUT2D eigenvalue weighted by Gasteiger charge is 2.17. The smallest absolute Gasteiger partial charge is 0.225 e. The van der Waals surface area contributed by atoms with Crippen LogP contribution in [0.4, 0.5) is 5.95 Å². The molecule has 0 bridgehead atoms. The Morgan fingerprint density at radius 2 is 1.78 bits per heavy atom. The van der Waals surface area contributed by atoms with Gasteiger partial charge in [-0.25, -0.2) is 9.97 Å². The minimum atomic E-state index is 0. The van der Waals surface area contributed by atoms with E-state index in [0.29, 0.717) is 0 Å². The van der Waals surface area contributed by atoms with Gasteiger partial charge < -0.3 is 15.5 Å². The quantitative estimate of drug-likeness (QED) is 0.228. The first-order valence-electron chi connectivity index (χ1n) is 10.1. The summed E-state index contributed by atoms with van der Waals surface area (Å²) in [5.41, 5.74) is 0. The van der Waals surface area contributed by atoms with Crippen molar-refractivity contribution in [3.05, 3.63) is 18.5 Å². The van der Waals surface area contributed by atoms with Gasteiger partial charge in [-0.15, -0.1) is 24.0 Å². The van der Waals surface area contributed by atoms with Crippen molar-refractivity contribution in [3.8, 4) is 0 Å². The van der Waals surface area contributed by atoms with E-state index >= 15 is 0 Å². The third-order valence-corrected chi connectivity index (χ3v) is 4.53. The zero-order valence-corrected chi connectivity index (χ0v) is 19.2. The predicted molar refractivity (Wildman–Crippen MR) is 124 cm³/mol. The summed E-state index contributed by atoms with van der Waals surface area (Å²) in [4.78, 5) is 18.1. The van der Waals surface area contributed by atoms with Crippen molar-refractivity contribution in [2.75, 3.05) is 57.3 Å². The number of rotatable bonds is 10. The lowest BCUT2D eigenvalue weighted by molar-refractivity contribution is 0.255. The monoisotopic (exact) mass is 489 g/mol. The second-order valence-corrected chi connectivity index (χ2v) is 6.63. The topological polar surface area (TPSA) is 68.7 Å². The van der Waals surface area contributed by atoms with E-state index in [9.17, 15) is 0 Å². The number of piperazine rings is 1. The Kier molecular flexibility index (Phi) is 13.1. The lowest BCUT2D eigenvalue weighted by Gasteiger charge is -2.34. The second-order valence-electron chi connectivity index (χ2n) is 6.63. The third kappa shape index (κ3) is 9.55.